The van der Waals surface area contributed by atoms with Gasteiger partial charge in [0, 0.05) is 6.42 Å². The van der Waals surface area contributed by atoms with Crippen molar-refractivity contribution in [2.45, 2.75) is 39.0 Å². The molecule has 0 aromatic carbocycles. The van der Waals surface area contributed by atoms with Gasteiger partial charge in [0.1, 0.15) is 0 Å². The van der Waals surface area contributed by atoms with E-state index in [1.54, 1.807) is 0 Å². The Kier molecular flexibility index (Phi) is 4.94. The first-order valence-corrected chi connectivity index (χ1v) is 5.62. The predicted molar refractivity (Wildman–Crippen MR) is 56.3 cm³/mol. The van der Waals surface area contributed by atoms with Gasteiger partial charge >= 0.3 is 5.97 Å². The molecule has 0 bridgehead atoms. The van der Waals surface area contributed by atoms with Gasteiger partial charge in [0.25, 0.3) is 0 Å². The average Bonchev–Trinajstić information content (AvgIpc) is 2.30. The number of carboxylic acids is 1. The van der Waals surface area contributed by atoms with Crippen LogP contribution in [0.4, 0.5) is 0 Å². The third kappa shape index (κ3) is 4.61. The van der Waals surface area contributed by atoms with Crippen LogP contribution in [0.25, 0.3) is 0 Å². The summed E-state index contributed by atoms with van der Waals surface area (Å²) in [7, 11) is 0. The van der Waals surface area contributed by atoms with E-state index < -0.39 is 5.97 Å². The maximum Gasteiger partial charge on any atom is 0.303 e. The van der Waals surface area contributed by atoms with Crippen LogP contribution in [0.5, 0.6) is 0 Å². The monoisotopic (exact) mass is 199 g/mol. The lowest BCUT2D eigenvalue weighted by atomic mass is 10.0. The molecule has 82 valence electrons. The van der Waals surface area contributed by atoms with Gasteiger partial charge < -0.3 is 10.0 Å². The van der Waals surface area contributed by atoms with E-state index in [9.17, 15) is 4.79 Å². The minimum Gasteiger partial charge on any atom is -0.481 e. The molecule has 1 saturated heterocycles. The van der Waals surface area contributed by atoms with Gasteiger partial charge in [-0.3, -0.25) is 4.79 Å². The van der Waals surface area contributed by atoms with E-state index in [4.69, 9.17) is 5.11 Å². The normalized spacial score (nSPS) is 24.5. The molecule has 0 aromatic heterocycles. The number of aliphatic carboxylic acids is 1. The van der Waals surface area contributed by atoms with Crippen molar-refractivity contribution in [1.82, 2.24) is 4.90 Å². The van der Waals surface area contributed by atoms with Crippen LogP contribution < -0.4 is 0 Å². The summed E-state index contributed by atoms with van der Waals surface area (Å²) in [5.41, 5.74) is 0. The number of likely N-dealkylation sites (tertiary alicyclic amines) is 1. The maximum atomic E-state index is 10.3. The third-order valence-electron chi connectivity index (χ3n) is 2.97. The van der Waals surface area contributed by atoms with Crippen LogP contribution in [0.1, 0.15) is 39.0 Å². The van der Waals surface area contributed by atoms with E-state index in [2.05, 4.69) is 11.8 Å². The molecule has 1 unspecified atom stereocenters. The number of rotatable bonds is 4. The molecule has 3 nitrogen and oxygen atoms in total. The van der Waals surface area contributed by atoms with Gasteiger partial charge in [-0.1, -0.05) is 6.92 Å². The predicted octanol–water partition coefficient (Wildman–Crippen LogP) is 1.97. The van der Waals surface area contributed by atoms with Crippen molar-refractivity contribution in [2.24, 2.45) is 5.92 Å². The fourth-order valence-electron chi connectivity index (χ4n) is 2.00. The van der Waals surface area contributed by atoms with Crippen LogP contribution in [0, 0.1) is 5.92 Å². The van der Waals surface area contributed by atoms with E-state index in [0.717, 1.165) is 32.0 Å². The van der Waals surface area contributed by atoms with Gasteiger partial charge in [0.15, 0.2) is 0 Å². The highest BCUT2D eigenvalue weighted by molar-refractivity contribution is 5.66. The van der Waals surface area contributed by atoms with E-state index in [-0.39, 0.29) is 0 Å². The molecule has 14 heavy (non-hydrogen) atoms. The zero-order valence-electron chi connectivity index (χ0n) is 9.04. The molecule has 1 N–H and O–H groups in total. The standard InChI is InChI=1S/C11H21NO2/c1-10-4-2-7-12(9-6-10)8-3-5-11(13)14/h10H,2-9H2,1H3,(H,13,14). The quantitative estimate of drug-likeness (QED) is 0.752. The fourth-order valence-corrected chi connectivity index (χ4v) is 2.00. The summed E-state index contributed by atoms with van der Waals surface area (Å²) in [6.07, 6.45) is 4.98. The van der Waals surface area contributed by atoms with Crippen molar-refractivity contribution < 1.29 is 9.90 Å². The van der Waals surface area contributed by atoms with Crippen LogP contribution in [0.15, 0.2) is 0 Å². The Morgan fingerprint density at radius 3 is 2.93 bits per heavy atom. The van der Waals surface area contributed by atoms with Crippen molar-refractivity contribution >= 4 is 5.97 Å². The number of carboxylic acid groups (broad SMARTS) is 1. The highest BCUT2D eigenvalue weighted by Gasteiger charge is 2.13. The van der Waals surface area contributed by atoms with Gasteiger partial charge in [0.05, 0.1) is 0 Å². The molecule has 0 spiro atoms. The largest absolute Gasteiger partial charge is 0.481 e. The van der Waals surface area contributed by atoms with E-state index in [1.807, 2.05) is 0 Å². The van der Waals surface area contributed by atoms with E-state index in [0.29, 0.717) is 6.42 Å². The fraction of sp³-hybridized carbons (Fsp3) is 0.909. The summed E-state index contributed by atoms with van der Waals surface area (Å²) in [5.74, 6) is 0.174. The number of hydrogen-bond donors (Lipinski definition) is 1. The highest BCUT2D eigenvalue weighted by Crippen LogP contribution is 2.16. The average molecular weight is 199 g/mol. The van der Waals surface area contributed by atoms with E-state index >= 15 is 0 Å². The molecule has 0 saturated carbocycles. The lowest BCUT2D eigenvalue weighted by Crippen LogP contribution is -2.26. The molecule has 1 aliphatic heterocycles. The summed E-state index contributed by atoms with van der Waals surface area (Å²) in [4.78, 5) is 12.8. The molecule has 1 aliphatic rings. The Bertz CT molecular complexity index is 182. The number of nitrogens with zero attached hydrogens (tertiary/aromatic N) is 1. The van der Waals surface area contributed by atoms with Gasteiger partial charge in [-0.05, 0) is 51.2 Å². The number of hydrogen-bond acceptors (Lipinski definition) is 2. The minimum absolute atomic E-state index is 0.312. The second-order valence-corrected chi connectivity index (χ2v) is 4.38. The summed E-state index contributed by atoms with van der Waals surface area (Å²) < 4.78 is 0. The zero-order chi connectivity index (χ0) is 10.4. The molecule has 0 aliphatic carbocycles. The van der Waals surface area contributed by atoms with Crippen molar-refractivity contribution in [2.75, 3.05) is 19.6 Å². The Morgan fingerprint density at radius 2 is 2.21 bits per heavy atom. The van der Waals surface area contributed by atoms with Crippen LogP contribution in [0.3, 0.4) is 0 Å². The Morgan fingerprint density at radius 1 is 1.43 bits per heavy atom. The summed E-state index contributed by atoms with van der Waals surface area (Å²) >= 11 is 0. The van der Waals surface area contributed by atoms with Gasteiger partial charge in [0.2, 0.25) is 0 Å². The molecule has 0 aromatic rings. The Labute approximate surface area is 86.1 Å². The molecule has 1 rings (SSSR count). The summed E-state index contributed by atoms with van der Waals surface area (Å²) in [6, 6.07) is 0. The van der Waals surface area contributed by atoms with Crippen molar-refractivity contribution in [3.8, 4) is 0 Å². The van der Waals surface area contributed by atoms with Gasteiger partial charge in [-0.25, -0.2) is 0 Å². The Balaban J connectivity index is 2.14. The van der Waals surface area contributed by atoms with E-state index in [1.165, 1.54) is 19.3 Å². The molecule has 0 amide bonds. The molecule has 0 radical (unpaired) electrons. The first-order valence-electron chi connectivity index (χ1n) is 5.62. The van der Waals surface area contributed by atoms with Gasteiger partial charge in [-0.15, -0.1) is 0 Å². The lowest BCUT2D eigenvalue weighted by Gasteiger charge is -2.19. The van der Waals surface area contributed by atoms with Crippen LogP contribution in [0.2, 0.25) is 0 Å². The van der Waals surface area contributed by atoms with Crippen molar-refractivity contribution in [3.05, 3.63) is 0 Å². The number of carbonyl (C=O) groups is 1. The molecular weight excluding hydrogens is 178 g/mol. The van der Waals surface area contributed by atoms with Crippen molar-refractivity contribution in [1.29, 1.82) is 0 Å². The zero-order valence-corrected chi connectivity index (χ0v) is 9.04. The molecule has 3 heteroatoms. The molecular formula is C11H21NO2. The lowest BCUT2D eigenvalue weighted by molar-refractivity contribution is -0.137. The second kappa shape index (κ2) is 6.02. The topological polar surface area (TPSA) is 40.5 Å². The summed E-state index contributed by atoms with van der Waals surface area (Å²) in [6.45, 7) is 5.57. The highest BCUT2D eigenvalue weighted by atomic mass is 16.4. The summed E-state index contributed by atoms with van der Waals surface area (Å²) in [5, 5.41) is 8.52. The molecule has 1 atom stereocenters. The van der Waals surface area contributed by atoms with Crippen LogP contribution >= 0.6 is 0 Å². The molecule has 1 fully saturated rings. The first-order chi connectivity index (χ1) is 6.68. The van der Waals surface area contributed by atoms with Crippen molar-refractivity contribution in [3.63, 3.8) is 0 Å². The second-order valence-electron chi connectivity index (χ2n) is 4.38. The first kappa shape index (κ1) is 11.5. The Hall–Kier alpha value is -0.570. The maximum absolute atomic E-state index is 10.3. The molecule has 1 heterocycles. The minimum atomic E-state index is -0.673. The van der Waals surface area contributed by atoms with Crippen LogP contribution in [-0.4, -0.2) is 35.6 Å². The SMILES string of the molecule is CC1CCCN(CCCC(=O)O)CC1. The van der Waals surface area contributed by atoms with Gasteiger partial charge in [-0.2, -0.15) is 0 Å². The third-order valence-corrected chi connectivity index (χ3v) is 2.97. The smallest absolute Gasteiger partial charge is 0.303 e. The van der Waals surface area contributed by atoms with Crippen LogP contribution in [-0.2, 0) is 4.79 Å².